The number of hydrogen-bond acceptors (Lipinski definition) is 5. The second-order valence-corrected chi connectivity index (χ2v) is 6.93. The first-order chi connectivity index (χ1) is 14.2. The van der Waals surface area contributed by atoms with Gasteiger partial charge in [0.05, 0.1) is 17.9 Å². The van der Waals surface area contributed by atoms with Gasteiger partial charge in [-0.2, -0.15) is 10.2 Å². The molecule has 0 bridgehead atoms. The van der Waals surface area contributed by atoms with E-state index in [0.717, 1.165) is 59.7 Å². The molecule has 4 heterocycles. The lowest BCUT2D eigenvalue weighted by Gasteiger charge is -2.27. The van der Waals surface area contributed by atoms with Crippen LogP contribution in [0, 0.1) is 0 Å². The van der Waals surface area contributed by atoms with Crippen LogP contribution < -0.4 is 5.32 Å². The van der Waals surface area contributed by atoms with Gasteiger partial charge in [-0.1, -0.05) is 30.3 Å². The van der Waals surface area contributed by atoms with Crippen molar-refractivity contribution in [2.45, 2.75) is 25.9 Å². The summed E-state index contributed by atoms with van der Waals surface area (Å²) in [6.45, 7) is 2.63. The fourth-order valence-corrected chi connectivity index (χ4v) is 3.87. The van der Waals surface area contributed by atoms with Gasteiger partial charge in [0, 0.05) is 41.9 Å². The second-order valence-electron chi connectivity index (χ2n) is 6.93. The highest BCUT2D eigenvalue weighted by molar-refractivity contribution is 5.94. The number of aromatic nitrogens is 4. The molecule has 9 nitrogen and oxygen atoms in total. The molecule has 0 saturated heterocycles. The summed E-state index contributed by atoms with van der Waals surface area (Å²) in [5.41, 5.74) is 6.92. The van der Waals surface area contributed by atoms with Crippen LogP contribution in [0.15, 0.2) is 30.3 Å². The average molecular weight is 394 g/mol. The molecule has 5 rings (SSSR count). The lowest BCUT2D eigenvalue weighted by molar-refractivity contribution is -0.122. The molecule has 2 aliphatic heterocycles. The largest absolute Gasteiger partial charge is 0.483 e. The molecule has 0 atom stereocenters. The highest BCUT2D eigenvalue weighted by atomic mass is 16.3. The summed E-state index contributed by atoms with van der Waals surface area (Å²) >= 11 is 0. The average Bonchev–Trinajstić information content (AvgIpc) is 3.38. The molecule has 0 saturated carbocycles. The van der Waals surface area contributed by atoms with E-state index in [1.165, 1.54) is 0 Å². The molecule has 1 amide bonds. The lowest BCUT2D eigenvalue weighted by atomic mass is 10.00. The molecule has 2 aromatic heterocycles. The number of benzene rings is 1. The summed E-state index contributed by atoms with van der Waals surface area (Å²) in [5.74, 6) is 0.00950. The van der Waals surface area contributed by atoms with E-state index >= 15 is 0 Å². The summed E-state index contributed by atoms with van der Waals surface area (Å²) in [6.07, 6.45) is 1.63. The van der Waals surface area contributed by atoms with Crippen LogP contribution >= 0.6 is 0 Å². The van der Waals surface area contributed by atoms with E-state index in [0.29, 0.717) is 18.8 Å². The van der Waals surface area contributed by atoms with Gasteiger partial charge in [-0.25, -0.2) is 0 Å². The zero-order valence-electron chi connectivity index (χ0n) is 15.8. The Hall–Kier alpha value is -3.46. The van der Waals surface area contributed by atoms with E-state index in [9.17, 15) is 4.79 Å². The Bertz CT molecular complexity index is 1010. The number of carbonyl (C=O) groups is 2. The number of carbonyl (C=O) groups excluding carboxylic acids is 1. The van der Waals surface area contributed by atoms with Crippen molar-refractivity contribution < 1.29 is 14.7 Å². The zero-order chi connectivity index (χ0) is 20.2. The number of carboxylic acid groups (broad SMARTS) is 1. The van der Waals surface area contributed by atoms with E-state index in [4.69, 9.17) is 9.90 Å². The van der Waals surface area contributed by atoms with Crippen LogP contribution in [0.3, 0.4) is 0 Å². The minimum Gasteiger partial charge on any atom is -0.483 e. The first kappa shape index (κ1) is 18.9. The molecule has 0 spiro atoms. The Morgan fingerprint density at radius 1 is 1.07 bits per heavy atom. The van der Waals surface area contributed by atoms with Gasteiger partial charge >= 0.3 is 0 Å². The monoisotopic (exact) mass is 394 g/mol. The molecular weight excluding hydrogens is 372 g/mol. The maximum atomic E-state index is 13.1. The third-order valence-electron chi connectivity index (χ3n) is 5.28. The van der Waals surface area contributed by atoms with Crippen LogP contribution in [0.25, 0.3) is 11.3 Å². The Morgan fingerprint density at radius 3 is 2.62 bits per heavy atom. The number of H-pyrrole nitrogens is 2. The molecular formula is C20H22N6O3. The minimum absolute atomic E-state index is 0.00950. The Balaban J connectivity index is 0.000000645. The predicted octanol–water partition coefficient (Wildman–Crippen LogP) is 1.34. The first-order valence-corrected chi connectivity index (χ1v) is 9.48. The van der Waals surface area contributed by atoms with Crippen molar-refractivity contribution in [2.24, 2.45) is 0 Å². The van der Waals surface area contributed by atoms with Crippen molar-refractivity contribution in [1.82, 2.24) is 30.6 Å². The van der Waals surface area contributed by atoms with E-state index in [2.05, 4.69) is 25.7 Å². The number of aromatic amines is 2. The summed E-state index contributed by atoms with van der Waals surface area (Å²) in [4.78, 5) is 23.4. The number of hydrogen-bond donors (Lipinski definition) is 4. The molecule has 150 valence electrons. The van der Waals surface area contributed by atoms with Gasteiger partial charge in [0.2, 0.25) is 0 Å². The number of nitrogens with one attached hydrogen (secondary N) is 3. The highest BCUT2D eigenvalue weighted by Gasteiger charge is 2.30. The van der Waals surface area contributed by atoms with E-state index < -0.39 is 0 Å². The lowest BCUT2D eigenvalue weighted by Crippen LogP contribution is -2.37. The van der Waals surface area contributed by atoms with Crippen LogP contribution in [0.1, 0.15) is 33.0 Å². The first-order valence-electron chi connectivity index (χ1n) is 9.48. The van der Waals surface area contributed by atoms with Crippen LogP contribution in [0.4, 0.5) is 0 Å². The van der Waals surface area contributed by atoms with E-state index in [1.54, 1.807) is 0 Å². The van der Waals surface area contributed by atoms with Crippen molar-refractivity contribution in [3.8, 4) is 11.3 Å². The molecule has 0 aliphatic carbocycles. The Labute approximate surface area is 167 Å². The fraction of sp³-hybridized carbons (Fsp3) is 0.300. The zero-order valence-corrected chi connectivity index (χ0v) is 15.8. The third kappa shape index (κ3) is 3.64. The number of nitrogens with zero attached hydrogens (tertiary/aromatic N) is 3. The minimum atomic E-state index is -0.250. The van der Waals surface area contributed by atoms with Crippen LogP contribution in [0.2, 0.25) is 0 Å². The number of rotatable bonds is 2. The van der Waals surface area contributed by atoms with Crippen molar-refractivity contribution in [3.63, 3.8) is 0 Å². The molecule has 0 unspecified atom stereocenters. The van der Waals surface area contributed by atoms with Crippen LogP contribution in [-0.4, -0.2) is 55.9 Å². The predicted molar refractivity (Wildman–Crippen MR) is 105 cm³/mol. The Morgan fingerprint density at radius 2 is 1.83 bits per heavy atom. The van der Waals surface area contributed by atoms with Crippen LogP contribution in [0.5, 0.6) is 0 Å². The van der Waals surface area contributed by atoms with Gasteiger partial charge in [-0.05, 0) is 13.0 Å². The van der Waals surface area contributed by atoms with Crippen molar-refractivity contribution >= 4 is 12.4 Å². The topological polar surface area (TPSA) is 127 Å². The SMILES string of the molecule is O=C(c1n[nH]c2c1CCNC2)N1CCc2[nH]nc(-c3ccccc3)c2C1.O=CO. The van der Waals surface area contributed by atoms with Crippen molar-refractivity contribution in [3.05, 3.63) is 58.5 Å². The van der Waals surface area contributed by atoms with Crippen molar-refractivity contribution in [2.75, 3.05) is 13.1 Å². The van der Waals surface area contributed by atoms with Gasteiger partial charge in [-0.3, -0.25) is 19.8 Å². The second kappa shape index (κ2) is 8.27. The third-order valence-corrected chi connectivity index (χ3v) is 5.28. The van der Waals surface area contributed by atoms with Gasteiger partial charge < -0.3 is 15.3 Å². The van der Waals surface area contributed by atoms with Gasteiger partial charge in [-0.15, -0.1) is 0 Å². The molecule has 1 aromatic carbocycles. The quantitative estimate of drug-likeness (QED) is 0.486. The summed E-state index contributed by atoms with van der Waals surface area (Å²) < 4.78 is 0. The molecule has 9 heteroatoms. The maximum absolute atomic E-state index is 13.1. The summed E-state index contributed by atoms with van der Waals surface area (Å²) in [6, 6.07) is 10.1. The molecule has 0 fully saturated rings. The Kier molecular flexibility index (Phi) is 5.39. The molecule has 0 radical (unpaired) electrons. The molecule has 4 N–H and O–H groups in total. The van der Waals surface area contributed by atoms with Crippen LogP contribution in [-0.2, 0) is 30.7 Å². The molecule has 29 heavy (non-hydrogen) atoms. The van der Waals surface area contributed by atoms with Gasteiger partial charge in [0.1, 0.15) is 0 Å². The smallest absolute Gasteiger partial charge is 0.290 e. The van der Waals surface area contributed by atoms with E-state index in [1.807, 2.05) is 35.2 Å². The number of fused-ring (bicyclic) bond motifs is 2. The standard InChI is InChI=1S/C19H20N6O.CH2O2/c26-19(18-13-6-8-20-10-16(13)22-24-18)25-9-7-15-14(11-25)17(23-21-15)12-4-2-1-3-5-12;2-1-3/h1-5,20H,6-11H2,(H,21,23)(H,22,24);1H,(H,2,3). The maximum Gasteiger partial charge on any atom is 0.290 e. The summed E-state index contributed by atoms with van der Waals surface area (Å²) in [5, 5.41) is 25.2. The number of amides is 1. The summed E-state index contributed by atoms with van der Waals surface area (Å²) in [7, 11) is 0. The van der Waals surface area contributed by atoms with Crippen molar-refractivity contribution in [1.29, 1.82) is 0 Å². The van der Waals surface area contributed by atoms with E-state index in [-0.39, 0.29) is 12.4 Å². The fourth-order valence-electron chi connectivity index (χ4n) is 3.87. The highest BCUT2D eigenvalue weighted by Crippen LogP contribution is 2.29. The van der Waals surface area contributed by atoms with Gasteiger partial charge in [0.25, 0.3) is 12.4 Å². The normalized spacial score (nSPS) is 15.0. The molecule has 3 aromatic rings. The van der Waals surface area contributed by atoms with Gasteiger partial charge in [0.15, 0.2) is 5.69 Å². The molecule has 2 aliphatic rings.